The van der Waals surface area contributed by atoms with Gasteiger partial charge in [0.15, 0.2) is 5.60 Å². The number of sulfonamides is 1. The van der Waals surface area contributed by atoms with Gasteiger partial charge in [0.1, 0.15) is 5.75 Å². The Balaban J connectivity index is 1.51. The molecule has 2 N–H and O–H groups in total. The Labute approximate surface area is 301 Å². The molecule has 2 heterocycles. The van der Waals surface area contributed by atoms with Crippen LogP contribution in [0, 0.1) is 11.3 Å². The van der Waals surface area contributed by atoms with Crippen LogP contribution in [0.4, 0.5) is 5.69 Å². The normalized spacial score (nSPS) is 30.8. The molecular weight excluding hydrogens is 678 g/mol. The first-order chi connectivity index (χ1) is 23.6. The number of methoxy groups -OCH3 is 1. The first kappa shape index (κ1) is 36.7. The summed E-state index contributed by atoms with van der Waals surface area (Å²) in [6, 6.07) is 11.1. The average molecular weight is 728 g/mol. The maximum Gasteiger partial charge on any atom is 0.270 e. The summed E-state index contributed by atoms with van der Waals surface area (Å²) in [4.78, 5) is 31.3. The molecule has 10 nitrogen and oxygen atoms in total. The fourth-order valence-corrected chi connectivity index (χ4v) is 9.20. The number of hydrogen-bond donors (Lipinski definition) is 2. The molecule has 1 saturated carbocycles. The fourth-order valence-electron chi connectivity index (χ4n) is 8.35. The molecule has 2 amide bonds. The Kier molecular flexibility index (Phi) is 10.1. The van der Waals surface area contributed by atoms with Crippen LogP contribution < -0.4 is 14.4 Å². The number of carbonyl (C=O) groups is 2. The summed E-state index contributed by atoms with van der Waals surface area (Å²) < 4.78 is 40.6. The largest absolute Gasteiger partial charge is 0.490 e. The summed E-state index contributed by atoms with van der Waals surface area (Å²) in [5.74, 6) is -0.835. The molecule has 2 aromatic carbocycles. The van der Waals surface area contributed by atoms with Gasteiger partial charge in [-0.15, -0.1) is 0 Å². The van der Waals surface area contributed by atoms with E-state index in [1.165, 1.54) is 29.9 Å². The SMILES string of the molecule is CO[C@H]1/C=C/CCN(C)C(=O)C[C@](O)(C(=O)NS(=O)(=O)C(C)C)c2ccc3c(c2)N(CC2(C)CC[C@@H]12)C[C@@]1(CCCc2cc(Cl)ccc21)CO3. The Morgan fingerprint density at radius 3 is 2.64 bits per heavy atom. The minimum atomic E-state index is -4.12. The molecule has 1 spiro atoms. The smallest absolute Gasteiger partial charge is 0.270 e. The van der Waals surface area contributed by atoms with Crippen molar-refractivity contribution in [3.8, 4) is 5.75 Å². The second-order valence-electron chi connectivity index (χ2n) is 15.4. The van der Waals surface area contributed by atoms with Gasteiger partial charge in [0.2, 0.25) is 15.9 Å². The number of rotatable bonds is 4. The van der Waals surface area contributed by atoms with Gasteiger partial charge in [-0.25, -0.2) is 8.42 Å². The molecule has 0 saturated heterocycles. The Hall–Kier alpha value is -3.12. The minimum absolute atomic E-state index is 0.0973. The van der Waals surface area contributed by atoms with Gasteiger partial charge in [-0.3, -0.25) is 14.3 Å². The molecule has 0 aromatic heterocycles. The molecule has 1 fully saturated rings. The van der Waals surface area contributed by atoms with Crippen LogP contribution in [0.15, 0.2) is 48.6 Å². The van der Waals surface area contributed by atoms with Crippen LogP contribution in [0.5, 0.6) is 5.75 Å². The molecule has 12 heteroatoms. The number of aliphatic hydroxyl groups is 1. The molecule has 6 rings (SSSR count). The lowest BCUT2D eigenvalue weighted by atomic mass is 9.58. The number of benzene rings is 2. The molecule has 5 atom stereocenters. The zero-order valence-electron chi connectivity index (χ0n) is 29.7. The number of fused-ring (bicyclic) bond motifs is 4. The van der Waals surface area contributed by atoms with Gasteiger partial charge in [-0.05, 0) is 105 Å². The number of aryl methyl sites for hydroxylation is 1. The number of anilines is 1. The quantitative estimate of drug-likeness (QED) is 0.418. The van der Waals surface area contributed by atoms with Crippen molar-refractivity contribution in [3.05, 3.63) is 70.3 Å². The number of nitrogens with zero attached hydrogens (tertiary/aromatic N) is 2. The zero-order valence-corrected chi connectivity index (χ0v) is 31.3. The van der Waals surface area contributed by atoms with E-state index >= 15 is 0 Å². The molecule has 2 aliphatic heterocycles. The van der Waals surface area contributed by atoms with E-state index in [4.69, 9.17) is 21.1 Å². The van der Waals surface area contributed by atoms with Crippen LogP contribution in [-0.4, -0.2) is 82.0 Å². The average Bonchev–Trinajstić information content (AvgIpc) is 3.21. The fraction of sp³-hybridized carbons (Fsp3) is 0.579. The van der Waals surface area contributed by atoms with Gasteiger partial charge in [0, 0.05) is 44.2 Å². The topological polar surface area (TPSA) is 125 Å². The van der Waals surface area contributed by atoms with Crippen molar-refractivity contribution in [2.24, 2.45) is 11.3 Å². The Bertz CT molecular complexity index is 1780. The summed E-state index contributed by atoms with van der Waals surface area (Å²) in [6.07, 6.45) is 8.73. The van der Waals surface area contributed by atoms with Crippen LogP contribution in [0.3, 0.4) is 0 Å². The molecule has 50 heavy (non-hydrogen) atoms. The minimum Gasteiger partial charge on any atom is -0.490 e. The van der Waals surface area contributed by atoms with Gasteiger partial charge in [-0.1, -0.05) is 42.8 Å². The predicted octanol–water partition coefficient (Wildman–Crippen LogP) is 5.09. The van der Waals surface area contributed by atoms with Crippen molar-refractivity contribution in [2.75, 3.05) is 45.3 Å². The van der Waals surface area contributed by atoms with Gasteiger partial charge in [0.25, 0.3) is 5.91 Å². The third-order valence-electron chi connectivity index (χ3n) is 11.7. The van der Waals surface area contributed by atoms with E-state index in [9.17, 15) is 23.1 Å². The number of carbonyl (C=O) groups excluding carboxylic acids is 2. The van der Waals surface area contributed by atoms with Crippen LogP contribution in [-0.2, 0) is 41.8 Å². The van der Waals surface area contributed by atoms with E-state index in [0.29, 0.717) is 49.1 Å². The number of ether oxygens (including phenoxy) is 2. The molecule has 0 radical (unpaired) electrons. The highest BCUT2D eigenvalue weighted by molar-refractivity contribution is 7.90. The maximum absolute atomic E-state index is 13.9. The summed E-state index contributed by atoms with van der Waals surface area (Å²) in [7, 11) is -0.764. The third-order valence-corrected chi connectivity index (χ3v) is 13.6. The van der Waals surface area contributed by atoms with Crippen molar-refractivity contribution in [1.29, 1.82) is 0 Å². The van der Waals surface area contributed by atoms with E-state index in [1.54, 1.807) is 32.4 Å². The first-order valence-electron chi connectivity index (χ1n) is 17.6. The highest BCUT2D eigenvalue weighted by Gasteiger charge is 2.50. The molecule has 2 bridgehead atoms. The standard InChI is InChI=1S/C38H50ClN3O7S/c1-25(2)50(46,47)40-35(44)38(45)21-34(43)41(4)18-7-6-10-32(48-5)30-15-17-36(30,3)22-42-23-37(24-49-33-14-11-27(38)20-31(33)42)16-8-9-26-19-28(39)12-13-29(26)37/h6,10-14,19-20,25,30,32,45H,7-9,15-18,21-24H2,1-5H3,(H,40,44)/b10-6+/t30-,32-,36?,37-,38+/m0/s1. The second kappa shape index (κ2) is 13.8. The van der Waals surface area contributed by atoms with Gasteiger partial charge in [0.05, 0.1) is 30.1 Å². The van der Waals surface area contributed by atoms with Crippen molar-refractivity contribution < 1.29 is 32.6 Å². The monoisotopic (exact) mass is 727 g/mol. The van der Waals surface area contributed by atoms with Crippen LogP contribution in [0.25, 0.3) is 0 Å². The van der Waals surface area contributed by atoms with E-state index in [-0.39, 0.29) is 28.4 Å². The zero-order chi connectivity index (χ0) is 36.1. The molecular formula is C38H50ClN3O7S. The molecule has 1 unspecified atom stereocenters. The van der Waals surface area contributed by atoms with Crippen LogP contribution >= 0.6 is 11.6 Å². The highest BCUT2D eigenvalue weighted by atomic mass is 35.5. The molecule has 2 aromatic rings. The van der Waals surface area contributed by atoms with Crippen molar-refractivity contribution in [2.45, 2.75) is 88.1 Å². The van der Waals surface area contributed by atoms with Gasteiger partial charge in [-0.2, -0.15) is 0 Å². The van der Waals surface area contributed by atoms with E-state index < -0.39 is 39.1 Å². The van der Waals surface area contributed by atoms with Gasteiger partial charge < -0.3 is 24.4 Å². The highest BCUT2D eigenvalue weighted by Crippen LogP contribution is 2.53. The summed E-state index contributed by atoms with van der Waals surface area (Å²) in [5, 5.41) is 12.1. The summed E-state index contributed by atoms with van der Waals surface area (Å²) in [6.45, 7) is 7.22. The van der Waals surface area contributed by atoms with Crippen LogP contribution in [0.2, 0.25) is 5.02 Å². The number of halogens is 1. The lowest BCUT2D eigenvalue weighted by molar-refractivity contribution is -0.148. The van der Waals surface area contributed by atoms with Crippen molar-refractivity contribution in [1.82, 2.24) is 9.62 Å². The lowest BCUT2D eigenvalue weighted by Gasteiger charge is -2.53. The maximum atomic E-state index is 13.9. The van der Waals surface area contributed by atoms with Gasteiger partial charge >= 0.3 is 0 Å². The molecule has 4 aliphatic rings. The second-order valence-corrected chi connectivity index (χ2v) is 18.0. The predicted molar refractivity (Wildman–Crippen MR) is 194 cm³/mol. The first-order valence-corrected chi connectivity index (χ1v) is 19.6. The Morgan fingerprint density at radius 2 is 1.94 bits per heavy atom. The summed E-state index contributed by atoms with van der Waals surface area (Å²) >= 11 is 6.46. The third kappa shape index (κ3) is 6.78. The van der Waals surface area contributed by atoms with Crippen molar-refractivity contribution >= 4 is 39.1 Å². The molecule has 2 aliphatic carbocycles. The van der Waals surface area contributed by atoms with E-state index in [0.717, 1.165) is 32.1 Å². The van der Waals surface area contributed by atoms with E-state index in [2.05, 4.69) is 34.8 Å². The van der Waals surface area contributed by atoms with E-state index in [1.807, 2.05) is 12.1 Å². The lowest BCUT2D eigenvalue weighted by Crippen LogP contribution is -2.54. The molecule has 272 valence electrons. The number of amides is 2. The number of nitrogens with one attached hydrogen (secondary N) is 1. The number of hydrogen-bond acceptors (Lipinski definition) is 8. The van der Waals surface area contributed by atoms with Crippen LogP contribution in [0.1, 0.15) is 76.0 Å². The summed E-state index contributed by atoms with van der Waals surface area (Å²) in [5.41, 5.74) is 0.254. The van der Waals surface area contributed by atoms with Crippen molar-refractivity contribution in [3.63, 3.8) is 0 Å². The Morgan fingerprint density at radius 1 is 1.16 bits per heavy atom.